The molecule has 0 aliphatic carbocycles. The molecule has 1 atom stereocenters. The lowest BCUT2D eigenvalue weighted by Gasteiger charge is -2.14. The summed E-state index contributed by atoms with van der Waals surface area (Å²) >= 11 is 6.46. The number of carbonyl (C=O) groups excluding carboxylic acids is 1. The summed E-state index contributed by atoms with van der Waals surface area (Å²) in [7, 11) is 0. The summed E-state index contributed by atoms with van der Waals surface area (Å²) in [5, 5.41) is 11.7. The van der Waals surface area contributed by atoms with E-state index in [1.807, 2.05) is 13.8 Å². The van der Waals surface area contributed by atoms with Gasteiger partial charge in [0.2, 0.25) is 0 Å². The van der Waals surface area contributed by atoms with Crippen molar-refractivity contribution in [3.8, 4) is 5.75 Å². The fourth-order valence-electron chi connectivity index (χ4n) is 1.38. The molecular formula is C13H15Br2NO4. The fraction of sp³-hybridized carbons (Fsp3) is 0.385. The van der Waals surface area contributed by atoms with Crippen LogP contribution in [-0.4, -0.2) is 29.6 Å². The smallest absolute Gasteiger partial charge is 0.335 e. The number of carboxylic acids is 1. The first kappa shape index (κ1) is 17.0. The van der Waals surface area contributed by atoms with Crippen molar-refractivity contribution in [1.82, 2.24) is 5.32 Å². The molecular weight excluding hydrogens is 394 g/mol. The first-order valence-electron chi connectivity index (χ1n) is 5.99. The molecule has 0 radical (unpaired) electrons. The Bertz CT molecular complexity index is 496. The molecule has 0 saturated heterocycles. The molecule has 2 N–H and O–H groups in total. The van der Waals surface area contributed by atoms with E-state index in [0.717, 1.165) is 6.42 Å². The van der Waals surface area contributed by atoms with Crippen LogP contribution in [0.2, 0.25) is 0 Å². The van der Waals surface area contributed by atoms with Crippen LogP contribution in [0.25, 0.3) is 0 Å². The molecule has 0 spiro atoms. The summed E-state index contributed by atoms with van der Waals surface area (Å²) in [5.41, 5.74) is 0.125. The number of hydrogen-bond donors (Lipinski definition) is 2. The summed E-state index contributed by atoms with van der Waals surface area (Å²) in [6.07, 6.45) is 0.840. The van der Waals surface area contributed by atoms with Gasteiger partial charge in [0.1, 0.15) is 5.75 Å². The second-order valence-corrected chi connectivity index (χ2v) is 5.95. The van der Waals surface area contributed by atoms with Gasteiger partial charge < -0.3 is 15.2 Å². The molecule has 0 aliphatic rings. The first-order chi connectivity index (χ1) is 9.35. The fourth-order valence-corrected chi connectivity index (χ4v) is 2.79. The lowest BCUT2D eigenvalue weighted by Crippen LogP contribution is -2.35. The summed E-state index contributed by atoms with van der Waals surface area (Å²) < 4.78 is 6.36. The topological polar surface area (TPSA) is 75.6 Å². The third kappa shape index (κ3) is 4.79. The minimum absolute atomic E-state index is 0.0902. The molecule has 0 aromatic heterocycles. The van der Waals surface area contributed by atoms with Crippen molar-refractivity contribution in [2.45, 2.75) is 26.3 Å². The molecule has 0 fully saturated rings. The second-order valence-electron chi connectivity index (χ2n) is 4.24. The molecule has 1 unspecified atom stereocenters. The van der Waals surface area contributed by atoms with Crippen LogP contribution in [0.5, 0.6) is 5.75 Å². The maximum atomic E-state index is 11.6. The predicted molar refractivity (Wildman–Crippen MR) is 82.2 cm³/mol. The minimum Gasteiger partial charge on any atom is -0.481 e. The van der Waals surface area contributed by atoms with E-state index in [4.69, 9.17) is 9.84 Å². The van der Waals surface area contributed by atoms with E-state index in [0.29, 0.717) is 14.7 Å². The maximum absolute atomic E-state index is 11.6. The molecule has 0 saturated carbocycles. The average Bonchev–Trinajstić information content (AvgIpc) is 2.37. The number of carboxylic acid groups (broad SMARTS) is 1. The van der Waals surface area contributed by atoms with Gasteiger partial charge in [-0.15, -0.1) is 0 Å². The van der Waals surface area contributed by atoms with Crippen LogP contribution in [-0.2, 0) is 4.79 Å². The number of halogens is 2. The molecule has 7 heteroatoms. The van der Waals surface area contributed by atoms with Crippen LogP contribution >= 0.6 is 31.9 Å². The first-order valence-corrected chi connectivity index (χ1v) is 7.58. The Morgan fingerprint density at radius 2 is 1.90 bits per heavy atom. The summed E-state index contributed by atoms with van der Waals surface area (Å²) in [6.45, 7) is 3.75. The minimum atomic E-state index is -1.03. The highest BCUT2D eigenvalue weighted by molar-refractivity contribution is 9.11. The van der Waals surface area contributed by atoms with E-state index < -0.39 is 5.97 Å². The number of nitrogens with one attached hydrogen (secondary N) is 1. The third-order valence-corrected chi connectivity index (χ3v) is 3.79. The van der Waals surface area contributed by atoms with Crippen LogP contribution in [0.3, 0.4) is 0 Å². The standard InChI is InChI=1S/C13H15Br2NO4/c1-3-7(2)16-11(17)6-20-12-9(14)4-8(13(18)19)5-10(12)15/h4-5,7H,3,6H2,1-2H3,(H,16,17)(H,18,19). The van der Waals surface area contributed by atoms with E-state index >= 15 is 0 Å². The number of carbonyl (C=O) groups is 2. The van der Waals surface area contributed by atoms with Gasteiger partial charge in [0.05, 0.1) is 14.5 Å². The molecule has 1 rings (SSSR count). The molecule has 0 aliphatic heterocycles. The maximum Gasteiger partial charge on any atom is 0.335 e. The largest absolute Gasteiger partial charge is 0.481 e. The van der Waals surface area contributed by atoms with Crippen LogP contribution in [0.1, 0.15) is 30.6 Å². The second kappa shape index (κ2) is 7.64. The van der Waals surface area contributed by atoms with E-state index in [1.165, 1.54) is 12.1 Å². The van der Waals surface area contributed by atoms with E-state index in [9.17, 15) is 9.59 Å². The highest BCUT2D eigenvalue weighted by atomic mass is 79.9. The Morgan fingerprint density at radius 1 is 1.35 bits per heavy atom. The lowest BCUT2D eigenvalue weighted by atomic mass is 10.2. The summed E-state index contributed by atoms with van der Waals surface area (Å²) in [6, 6.07) is 2.94. The molecule has 1 amide bonds. The Morgan fingerprint density at radius 3 is 2.35 bits per heavy atom. The molecule has 1 aromatic rings. The Labute approximate surface area is 134 Å². The summed E-state index contributed by atoms with van der Waals surface area (Å²) in [4.78, 5) is 22.5. The summed E-state index contributed by atoms with van der Waals surface area (Å²) in [5.74, 6) is -0.859. The van der Waals surface area contributed by atoms with Gasteiger partial charge in [-0.25, -0.2) is 4.79 Å². The van der Waals surface area contributed by atoms with Crippen LogP contribution in [0.15, 0.2) is 21.1 Å². The van der Waals surface area contributed by atoms with Gasteiger partial charge in [0.15, 0.2) is 6.61 Å². The van der Waals surface area contributed by atoms with E-state index in [-0.39, 0.29) is 24.1 Å². The van der Waals surface area contributed by atoms with Crippen molar-refractivity contribution in [2.75, 3.05) is 6.61 Å². The van der Waals surface area contributed by atoms with Crippen molar-refractivity contribution in [3.63, 3.8) is 0 Å². The Hall–Kier alpha value is -1.08. The van der Waals surface area contributed by atoms with Gasteiger partial charge in [-0.2, -0.15) is 0 Å². The number of amides is 1. The van der Waals surface area contributed by atoms with Gasteiger partial charge in [0.25, 0.3) is 5.91 Å². The molecule has 0 bridgehead atoms. The van der Waals surface area contributed by atoms with Gasteiger partial charge in [-0.1, -0.05) is 6.92 Å². The van der Waals surface area contributed by atoms with Gasteiger partial charge in [0, 0.05) is 6.04 Å². The zero-order valence-corrected chi connectivity index (χ0v) is 14.2. The third-order valence-electron chi connectivity index (χ3n) is 2.61. The molecule has 1 aromatic carbocycles. The van der Waals surface area contributed by atoms with Crippen molar-refractivity contribution in [2.24, 2.45) is 0 Å². The zero-order chi connectivity index (χ0) is 15.3. The van der Waals surface area contributed by atoms with Crippen molar-refractivity contribution in [1.29, 1.82) is 0 Å². The van der Waals surface area contributed by atoms with E-state index in [2.05, 4.69) is 37.2 Å². The molecule has 5 nitrogen and oxygen atoms in total. The molecule has 0 heterocycles. The van der Waals surface area contributed by atoms with Crippen LogP contribution in [0, 0.1) is 0 Å². The predicted octanol–water partition coefficient (Wildman–Crippen LogP) is 3.20. The lowest BCUT2D eigenvalue weighted by molar-refractivity contribution is -0.123. The van der Waals surface area contributed by atoms with Crippen LogP contribution in [0.4, 0.5) is 0 Å². The monoisotopic (exact) mass is 407 g/mol. The number of ether oxygens (including phenoxy) is 1. The van der Waals surface area contributed by atoms with Crippen molar-refractivity contribution < 1.29 is 19.4 Å². The number of rotatable bonds is 6. The number of hydrogen-bond acceptors (Lipinski definition) is 3. The highest BCUT2D eigenvalue weighted by Gasteiger charge is 2.14. The molecule has 110 valence electrons. The Kier molecular flexibility index (Phi) is 6.48. The van der Waals surface area contributed by atoms with Gasteiger partial charge in [-0.05, 0) is 57.3 Å². The SMILES string of the molecule is CCC(C)NC(=O)COc1c(Br)cc(C(=O)O)cc1Br. The quantitative estimate of drug-likeness (QED) is 0.757. The van der Waals surface area contributed by atoms with Crippen LogP contribution < -0.4 is 10.1 Å². The van der Waals surface area contributed by atoms with Gasteiger partial charge >= 0.3 is 5.97 Å². The number of aromatic carboxylic acids is 1. The van der Waals surface area contributed by atoms with Gasteiger partial charge in [-0.3, -0.25) is 4.79 Å². The normalized spacial score (nSPS) is 11.8. The van der Waals surface area contributed by atoms with Crippen molar-refractivity contribution >= 4 is 43.7 Å². The van der Waals surface area contributed by atoms with E-state index in [1.54, 1.807) is 0 Å². The number of benzene rings is 1. The average molecular weight is 409 g/mol. The zero-order valence-electron chi connectivity index (χ0n) is 11.1. The Balaban J connectivity index is 2.74. The van der Waals surface area contributed by atoms with Crippen molar-refractivity contribution in [3.05, 3.63) is 26.6 Å². The molecule has 20 heavy (non-hydrogen) atoms. The highest BCUT2D eigenvalue weighted by Crippen LogP contribution is 2.34.